The Morgan fingerprint density at radius 2 is 2.41 bits per heavy atom. The van der Waals surface area contributed by atoms with Gasteiger partial charge < -0.3 is 9.64 Å². The van der Waals surface area contributed by atoms with Crippen LogP contribution in [0.25, 0.3) is 0 Å². The summed E-state index contributed by atoms with van der Waals surface area (Å²) >= 11 is 3.34. The van der Waals surface area contributed by atoms with E-state index < -0.39 is 0 Å². The molecule has 1 aliphatic rings. The fraction of sp³-hybridized carbons (Fsp3) is 0.364. The Hall–Kier alpha value is -1.43. The van der Waals surface area contributed by atoms with Crippen molar-refractivity contribution in [1.29, 1.82) is 0 Å². The first-order valence-corrected chi connectivity index (χ1v) is 5.90. The van der Waals surface area contributed by atoms with Crippen LogP contribution in [0.3, 0.4) is 0 Å². The molecule has 0 N–H and O–H groups in total. The molecule has 0 radical (unpaired) electrons. The number of esters is 1. The van der Waals surface area contributed by atoms with E-state index in [0.29, 0.717) is 6.54 Å². The lowest BCUT2D eigenvalue weighted by molar-refractivity contribution is -0.145. The van der Waals surface area contributed by atoms with Crippen molar-refractivity contribution in [3.8, 4) is 0 Å². The van der Waals surface area contributed by atoms with E-state index in [4.69, 9.17) is 0 Å². The van der Waals surface area contributed by atoms with Crippen LogP contribution in [0, 0.1) is 5.92 Å². The van der Waals surface area contributed by atoms with Crippen LogP contribution in [-0.4, -0.2) is 30.5 Å². The maximum absolute atomic E-state index is 11.8. The van der Waals surface area contributed by atoms with E-state index in [1.54, 1.807) is 23.4 Å². The number of ether oxygens (including phenoxy) is 1. The Morgan fingerprint density at radius 1 is 1.65 bits per heavy atom. The molecule has 1 fully saturated rings. The van der Waals surface area contributed by atoms with Gasteiger partial charge in [-0.2, -0.15) is 0 Å². The van der Waals surface area contributed by atoms with Crippen LogP contribution in [0.1, 0.15) is 6.42 Å². The number of methoxy groups -OCH3 is 1. The highest BCUT2D eigenvalue weighted by Crippen LogP contribution is 2.30. The van der Waals surface area contributed by atoms with Crippen LogP contribution in [0.4, 0.5) is 5.69 Å². The van der Waals surface area contributed by atoms with Gasteiger partial charge in [-0.25, -0.2) is 0 Å². The Balaban J connectivity index is 2.22. The van der Waals surface area contributed by atoms with E-state index in [1.807, 2.05) is 0 Å². The van der Waals surface area contributed by atoms with Crippen LogP contribution >= 0.6 is 15.9 Å². The predicted octanol–water partition coefficient (Wildman–Crippen LogP) is 1.37. The van der Waals surface area contributed by atoms with Gasteiger partial charge in [0.25, 0.3) is 0 Å². The molecule has 0 bridgehead atoms. The maximum atomic E-state index is 11.8. The normalized spacial score (nSPS) is 19.5. The molecule has 17 heavy (non-hydrogen) atoms. The second kappa shape index (κ2) is 4.83. The number of carbonyl (C=O) groups is 2. The highest BCUT2D eigenvalue weighted by atomic mass is 79.9. The average molecular weight is 299 g/mol. The number of nitrogens with zero attached hydrogens (tertiary/aromatic N) is 2. The van der Waals surface area contributed by atoms with Crippen LogP contribution in [0.5, 0.6) is 0 Å². The number of carbonyl (C=O) groups excluding carboxylic acids is 2. The van der Waals surface area contributed by atoms with Crippen molar-refractivity contribution in [1.82, 2.24) is 4.98 Å². The van der Waals surface area contributed by atoms with Crippen LogP contribution in [-0.2, 0) is 14.3 Å². The zero-order valence-corrected chi connectivity index (χ0v) is 10.8. The van der Waals surface area contributed by atoms with E-state index in [-0.39, 0.29) is 24.2 Å². The first kappa shape index (κ1) is 12.0. The van der Waals surface area contributed by atoms with Crippen molar-refractivity contribution in [3.05, 3.63) is 22.9 Å². The molecular weight excluding hydrogens is 288 g/mol. The molecule has 1 unspecified atom stereocenters. The first-order chi connectivity index (χ1) is 8.13. The summed E-state index contributed by atoms with van der Waals surface area (Å²) in [5.74, 6) is -0.800. The quantitative estimate of drug-likeness (QED) is 0.774. The van der Waals surface area contributed by atoms with Crippen LogP contribution < -0.4 is 4.90 Å². The molecule has 1 atom stereocenters. The maximum Gasteiger partial charge on any atom is 0.311 e. The average Bonchev–Trinajstić information content (AvgIpc) is 2.71. The highest BCUT2D eigenvalue weighted by Gasteiger charge is 2.36. The third-order valence-electron chi connectivity index (χ3n) is 2.70. The monoisotopic (exact) mass is 298 g/mol. The second-order valence-electron chi connectivity index (χ2n) is 3.76. The van der Waals surface area contributed by atoms with Crippen molar-refractivity contribution in [3.63, 3.8) is 0 Å². The lowest BCUT2D eigenvalue weighted by Gasteiger charge is -2.17. The Labute approximate surface area is 107 Å². The molecule has 1 aliphatic heterocycles. The number of pyridine rings is 1. The van der Waals surface area contributed by atoms with Gasteiger partial charge >= 0.3 is 5.97 Å². The first-order valence-electron chi connectivity index (χ1n) is 5.11. The van der Waals surface area contributed by atoms with Crippen molar-refractivity contribution in [2.45, 2.75) is 6.42 Å². The number of anilines is 1. The summed E-state index contributed by atoms with van der Waals surface area (Å²) in [6.45, 7) is 0.355. The SMILES string of the molecule is COC(=O)C1CC(=O)N(c2ccncc2Br)C1. The minimum atomic E-state index is -0.382. The van der Waals surface area contributed by atoms with E-state index in [1.165, 1.54) is 7.11 Å². The molecule has 0 saturated carbocycles. The van der Waals surface area contributed by atoms with Crippen molar-refractivity contribution >= 4 is 33.5 Å². The van der Waals surface area contributed by atoms with Crippen LogP contribution in [0.2, 0.25) is 0 Å². The fourth-order valence-corrected chi connectivity index (χ4v) is 2.32. The second-order valence-corrected chi connectivity index (χ2v) is 4.61. The van der Waals surface area contributed by atoms with Gasteiger partial charge in [0, 0.05) is 25.4 Å². The Bertz CT molecular complexity index is 464. The third kappa shape index (κ3) is 2.31. The lowest BCUT2D eigenvalue weighted by Crippen LogP contribution is -2.26. The van der Waals surface area contributed by atoms with Crippen molar-refractivity contribution in [2.75, 3.05) is 18.6 Å². The summed E-state index contributed by atoms with van der Waals surface area (Å²) in [5.41, 5.74) is 0.733. The number of aromatic nitrogens is 1. The fourth-order valence-electron chi connectivity index (χ4n) is 1.85. The molecule has 0 spiro atoms. The van der Waals surface area contributed by atoms with Gasteiger partial charge in [-0.1, -0.05) is 0 Å². The van der Waals surface area contributed by atoms with Gasteiger partial charge in [-0.05, 0) is 22.0 Å². The van der Waals surface area contributed by atoms with Crippen LogP contribution in [0.15, 0.2) is 22.9 Å². The zero-order chi connectivity index (χ0) is 12.4. The molecule has 1 saturated heterocycles. The zero-order valence-electron chi connectivity index (χ0n) is 9.22. The summed E-state index contributed by atoms with van der Waals surface area (Å²) in [7, 11) is 1.33. The summed E-state index contributed by atoms with van der Waals surface area (Å²) in [5, 5.41) is 0. The number of halogens is 1. The minimum absolute atomic E-state index is 0.0766. The molecular formula is C11H11BrN2O3. The molecule has 6 heteroatoms. The third-order valence-corrected chi connectivity index (χ3v) is 3.31. The van der Waals surface area contributed by atoms with Gasteiger partial charge in [0.2, 0.25) is 5.91 Å². The standard InChI is InChI=1S/C11H11BrN2O3/c1-17-11(16)7-4-10(15)14(6-7)9-2-3-13-5-8(9)12/h2-3,5,7H,4,6H2,1H3. The topological polar surface area (TPSA) is 59.5 Å². The molecule has 1 aromatic heterocycles. The summed E-state index contributed by atoms with van der Waals surface area (Å²) in [6, 6.07) is 1.74. The van der Waals surface area contributed by atoms with E-state index in [2.05, 4.69) is 25.7 Å². The molecule has 5 nitrogen and oxygen atoms in total. The smallest absolute Gasteiger partial charge is 0.311 e. The molecule has 0 aliphatic carbocycles. The van der Waals surface area contributed by atoms with Crippen molar-refractivity contribution in [2.24, 2.45) is 5.92 Å². The summed E-state index contributed by atoms with van der Waals surface area (Å²) in [6.07, 6.45) is 3.42. The van der Waals surface area contributed by atoms with E-state index in [9.17, 15) is 9.59 Å². The molecule has 2 rings (SSSR count). The predicted molar refractivity (Wildman–Crippen MR) is 64.4 cm³/mol. The Kier molecular flexibility index (Phi) is 3.42. The van der Waals surface area contributed by atoms with Crippen molar-refractivity contribution < 1.29 is 14.3 Å². The largest absolute Gasteiger partial charge is 0.469 e. The number of hydrogen-bond acceptors (Lipinski definition) is 4. The lowest BCUT2D eigenvalue weighted by atomic mass is 10.1. The van der Waals surface area contributed by atoms with Gasteiger partial charge in [0.1, 0.15) is 0 Å². The molecule has 2 heterocycles. The van der Waals surface area contributed by atoms with Gasteiger partial charge in [-0.3, -0.25) is 14.6 Å². The molecule has 1 aromatic rings. The van der Waals surface area contributed by atoms with Gasteiger partial charge in [0.15, 0.2) is 0 Å². The number of amides is 1. The van der Waals surface area contributed by atoms with Gasteiger partial charge in [-0.15, -0.1) is 0 Å². The Morgan fingerprint density at radius 3 is 3.06 bits per heavy atom. The van der Waals surface area contributed by atoms with E-state index in [0.717, 1.165) is 10.2 Å². The molecule has 0 aromatic carbocycles. The molecule has 90 valence electrons. The minimum Gasteiger partial charge on any atom is -0.469 e. The van der Waals surface area contributed by atoms with E-state index >= 15 is 0 Å². The number of hydrogen-bond donors (Lipinski definition) is 0. The molecule has 1 amide bonds. The number of rotatable bonds is 2. The highest BCUT2D eigenvalue weighted by molar-refractivity contribution is 9.10. The summed E-state index contributed by atoms with van der Waals surface area (Å²) in [4.78, 5) is 28.7. The summed E-state index contributed by atoms with van der Waals surface area (Å²) < 4.78 is 5.39. The van der Waals surface area contributed by atoms with Gasteiger partial charge in [0.05, 0.1) is 23.2 Å².